The Balaban J connectivity index is 1.48. The van der Waals surface area contributed by atoms with Crippen LogP contribution in [0.2, 0.25) is 0 Å². The normalized spacial score (nSPS) is 13.4. The smallest absolute Gasteiger partial charge is 0.151 e. The van der Waals surface area contributed by atoms with Crippen LogP contribution >= 0.6 is 11.9 Å². The van der Waals surface area contributed by atoms with Crippen molar-refractivity contribution in [3.8, 4) is 34.2 Å². The number of morpholine rings is 1. The van der Waals surface area contributed by atoms with E-state index in [0.717, 1.165) is 64.6 Å². The third-order valence-corrected chi connectivity index (χ3v) is 7.81. The van der Waals surface area contributed by atoms with Gasteiger partial charge in [-0.3, -0.25) is 3.97 Å². The molecule has 0 radical (unpaired) electrons. The molecule has 1 aliphatic rings. The summed E-state index contributed by atoms with van der Waals surface area (Å²) in [5.74, 6) is 0.569. The molecule has 2 aromatic heterocycles. The van der Waals surface area contributed by atoms with Gasteiger partial charge in [-0.15, -0.1) is 0 Å². The summed E-state index contributed by atoms with van der Waals surface area (Å²) in [5.41, 5.74) is 6.73. The SMILES string of the molecule is COc1ccc(-c2ccnc3c2cc(-c2ccc(N4CCOCC4)cc2)n3Sc2ccccc2)cc1C#N. The fraction of sp³-hybridized carbons (Fsp3) is 0.161. The number of fused-ring (bicyclic) bond motifs is 1. The Hall–Kier alpha value is -4.25. The first-order chi connectivity index (χ1) is 18.7. The highest BCUT2D eigenvalue weighted by Crippen LogP contribution is 2.39. The molecule has 0 unspecified atom stereocenters. The Morgan fingerprint density at radius 1 is 0.921 bits per heavy atom. The number of hydrogen-bond acceptors (Lipinski definition) is 6. The summed E-state index contributed by atoms with van der Waals surface area (Å²) in [5, 5.41) is 10.7. The van der Waals surface area contributed by atoms with Crippen LogP contribution in [0.1, 0.15) is 5.56 Å². The van der Waals surface area contributed by atoms with Crippen LogP contribution in [-0.4, -0.2) is 42.4 Å². The zero-order chi connectivity index (χ0) is 25.9. The van der Waals surface area contributed by atoms with Crippen LogP contribution in [0.15, 0.2) is 96.0 Å². The van der Waals surface area contributed by atoms with Gasteiger partial charge >= 0.3 is 0 Å². The molecule has 0 atom stereocenters. The average molecular weight is 519 g/mol. The summed E-state index contributed by atoms with van der Waals surface area (Å²) < 4.78 is 13.1. The Morgan fingerprint density at radius 2 is 1.68 bits per heavy atom. The largest absolute Gasteiger partial charge is 0.495 e. The van der Waals surface area contributed by atoms with Gasteiger partial charge in [-0.05, 0) is 77.2 Å². The molecule has 0 bridgehead atoms. The van der Waals surface area contributed by atoms with Crippen LogP contribution in [-0.2, 0) is 4.74 Å². The number of hydrogen-bond donors (Lipinski definition) is 0. The predicted octanol–water partition coefficient (Wildman–Crippen LogP) is 6.64. The molecule has 38 heavy (non-hydrogen) atoms. The second-order valence-electron chi connectivity index (χ2n) is 9.00. The minimum absolute atomic E-state index is 0.506. The first kappa shape index (κ1) is 24.1. The molecule has 0 N–H and O–H groups in total. The molecule has 1 fully saturated rings. The number of methoxy groups -OCH3 is 1. The molecule has 1 saturated heterocycles. The number of nitrogens with zero attached hydrogens (tertiary/aromatic N) is 4. The topological polar surface area (TPSA) is 63.3 Å². The Morgan fingerprint density at radius 3 is 2.42 bits per heavy atom. The highest BCUT2D eigenvalue weighted by Gasteiger charge is 2.18. The van der Waals surface area contributed by atoms with Crippen LogP contribution in [0.4, 0.5) is 5.69 Å². The van der Waals surface area contributed by atoms with E-state index in [-0.39, 0.29) is 0 Å². The van der Waals surface area contributed by atoms with Crippen molar-refractivity contribution < 1.29 is 9.47 Å². The molecule has 1 aliphatic heterocycles. The minimum Gasteiger partial charge on any atom is -0.495 e. The molecule has 0 aliphatic carbocycles. The maximum absolute atomic E-state index is 9.65. The van der Waals surface area contributed by atoms with Crippen LogP contribution in [0.5, 0.6) is 5.75 Å². The number of pyridine rings is 1. The van der Waals surface area contributed by atoms with E-state index in [1.807, 2.05) is 48.7 Å². The fourth-order valence-electron chi connectivity index (χ4n) is 4.83. The molecule has 3 heterocycles. The first-order valence-corrected chi connectivity index (χ1v) is 13.3. The molecule has 188 valence electrons. The van der Waals surface area contributed by atoms with Crippen molar-refractivity contribution in [2.75, 3.05) is 38.3 Å². The molecule has 0 spiro atoms. The van der Waals surface area contributed by atoms with Gasteiger partial charge < -0.3 is 14.4 Å². The molecule has 3 aromatic carbocycles. The zero-order valence-electron chi connectivity index (χ0n) is 21.0. The van der Waals surface area contributed by atoms with Gasteiger partial charge in [0.15, 0.2) is 5.65 Å². The number of nitriles is 1. The molecule has 7 heteroatoms. The van der Waals surface area contributed by atoms with Gasteiger partial charge in [-0.1, -0.05) is 36.4 Å². The molecule has 0 amide bonds. The number of ether oxygens (including phenoxy) is 2. The Kier molecular flexibility index (Phi) is 6.74. The third-order valence-electron chi connectivity index (χ3n) is 6.77. The molecule has 6 nitrogen and oxygen atoms in total. The van der Waals surface area contributed by atoms with E-state index < -0.39 is 0 Å². The van der Waals surface area contributed by atoms with Crippen molar-refractivity contribution >= 4 is 28.7 Å². The van der Waals surface area contributed by atoms with Crippen molar-refractivity contribution in [1.29, 1.82) is 5.26 Å². The summed E-state index contributed by atoms with van der Waals surface area (Å²) in [4.78, 5) is 8.29. The summed E-state index contributed by atoms with van der Waals surface area (Å²) in [6.07, 6.45) is 1.83. The molecule has 0 saturated carbocycles. The molecule has 6 rings (SSSR count). The lowest BCUT2D eigenvalue weighted by atomic mass is 10.0. The zero-order valence-corrected chi connectivity index (χ0v) is 21.8. The number of rotatable bonds is 6. The first-order valence-electron chi connectivity index (χ1n) is 12.5. The highest BCUT2D eigenvalue weighted by atomic mass is 32.2. The number of benzene rings is 3. The van der Waals surface area contributed by atoms with Gasteiger partial charge in [-0.25, -0.2) is 4.98 Å². The second-order valence-corrected chi connectivity index (χ2v) is 10.0. The third kappa shape index (κ3) is 4.60. The molecular formula is C31H26N4O2S. The summed E-state index contributed by atoms with van der Waals surface area (Å²) >= 11 is 1.65. The maximum Gasteiger partial charge on any atom is 0.151 e. The van der Waals surface area contributed by atoms with E-state index >= 15 is 0 Å². The van der Waals surface area contributed by atoms with Gasteiger partial charge in [0.1, 0.15) is 11.8 Å². The van der Waals surface area contributed by atoms with Crippen LogP contribution < -0.4 is 9.64 Å². The van der Waals surface area contributed by atoms with E-state index in [4.69, 9.17) is 14.5 Å². The monoisotopic (exact) mass is 518 g/mol. The van der Waals surface area contributed by atoms with E-state index in [2.05, 4.69) is 57.4 Å². The van der Waals surface area contributed by atoms with Crippen molar-refractivity contribution in [3.05, 3.63) is 96.7 Å². The van der Waals surface area contributed by atoms with Crippen LogP contribution in [0.25, 0.3) is 33.4 Å². The summed E-state index contributed by atoms with van der Waals surface area (Å²) in [6.45, 7) is 3.33. The second kappa shape index (κ2) is 10.6. The summed E-state index contributed by atoms with van der Waals surface area (Å²) in [7, 11) is 1.58. The van der Waals surface area contributed by atoms with Gasteiger partial charge in [0.25, 0.3) is 0 Å². The van der Waals surface area contributed by atoms with Crippen molar-refractivity contribution in [2.45, 2.75) is 4.90 Å². The maximum atomic E-state index is 9.65. The van der Waals surface area contributed by atoms with E-state index in [1.165, 1.54) is 5.69 Å². The van der Waals surface area contributed by atoms with Gasteiger partial charge in [0, 0.05) is 35.3 Å². The van der Waals surface area contributed by atoms with Gasteiger partial charge in [0.05, 0.1) is 31.6 Å². The summed E-state index contributed by atoms with van der Waals surface area (Å²) in [6, 6.07) is 31.2. The van der Waals surface area contributed by atoms with E-state index in [9.17, 15) is 5.26 Å². The van der Waals surface area contributed by atoms with Gasteiger partial charge in [-0.2, -0.15) is 5.26 Å². The predicted molar refractivity (Wildman–Crippen MR) is 153 cm³/mol. The highest BCUT2D eigenvalue weighted by molar-refractivity contribution is 7.98. The van der Waals surface area contributed by atoms with Crippen molar-refractivity contribution in [2.24, 2.45) is 0 Å². The Labute approximate surface area is 226 Å². The fourth-order valence-corrected chi connectivity index (χ4v) is 5.81. The minimum atomic E-state index is 0.506. The average Bonchev–Trinajstić information content (AvgIpc) is 3.36. The standard InChI is InChI=1S/C31H26N4O2S/c1-36-30-12-9-23(19-24(30)21-32)27-13-14-33-31-28(27)20-29(35(31)38-26-5-3-2-4-6-26)22-7-10-25(11-8-22)34-15-17-37-18-16-34/h2-14,19-20H,15-18H2,1H3. The van der Waals surface area contributed by atoms with E-state index in [1.54, 1.807) is 19.1 Å². The number of aromatic nitrogens is 2. The lowest BCUT2D eigenvalue weighted by Gasteiger charge is -2.28. The quantitative estimate of drug-likeness (QED) is 0.251. The van der Waals surface area contributed by atoms with Crippen molar-refractivity contribution in [1.82, 2.24) is 8.96 Å². The Bertz CT molecular complexity index is 1620. The van der Waals surface area contributed by atoms with E-state index in [0.29, 0.717) is 11.3 Å². The molecular weight excluding hydrogens is 492 g/mol. The lowest BCUT2D eigenvalue weighted by Crippen LogP contribution is -2.36. The number of anilines is 1. The lowest BCUT2D eigenvalue weighted by molar-refractivity contribution is 0.122. The molecule has 5 aromatic rings. The van der Waals surface area contributed by atoms with Crippen LogP contribution in [0, 0.1) is 11.3 Å². The van der Waals surface area contributed by atoms with Crippen molar-refractivity contribution in [3.63, 3.8) is 0 Å². The van der Waals surface area contributed by atoms with Crippen LogP contribution in [0.3, 0.4) is 0 Å². The van der Waals surface area contributed by atoms with Gasteiger partial charge in [0.2, 0.25) is 0 Å².